The van der Waals surface area contributed by atoms with E-state index in [-0.39, 0.29) is 0 Å². The fraction of sp³-hybridized carbons (Fsp3) is 0.400. The summed E-state index contributed by atoms with van der Waals surface area (Å²) in [6.45, 7) is 2.82. The Bertz CT molecular complexity index is 723. The summed E-state index contributed by atoms with van der Waals surface area (Å²) in [7, 11) is -1.16. The van der Waals surface area contributed by atoms with E-state index in [1.807, 2.05) is 42.5 Å². The minimum atomic E-state index is -1.16. The second-order valence-electron chi connectivity index (χ2n) is 7.03. The van der Waals surface area contributed by atoms with Crippen molar-refractivity contribution in [1.82, 2.24) is 4.90 Å². The SMILES string of the molecule is O=S(C[C@]1(O)CN2CCC1CC2)c1ccc(-c2ccccc2)cc1. The number of benzene rings is 2. The third-order valence-electron chi connectivity index (χ3n) is 5.45. The Labute approximate surface area is 145 Å². The topological polar surface area (TPSA) is 40.5 Å². The molecule has 0 radical (unpaired) electrons. The van der Waals surface area contributed by atoms with E-state index in [1.165, 1.54) is 0 Å². The zero-order valence-electron chi connectivity index (χ0n) is 13.7. The maximum Gasteiger partial charge on any atom is 0.0921 e. The largest absolute Gasteiger partial charge is 0.387 e. The third kappa shape index (κ3) is 3.06. The predicted octanol–water partition coefficient (Wildman–Crippen LogP) is 2.92. The highest BCUT2D eigenvalue weighted by Gasteiger charge is 2.46. The van der Waals surface area contributed by atoms with Crippen molar-refractivity contribution in [2.75, 3.05) is 25.4 Å². The Morgan fingerprint density at radius 1 is 1.00 bits per heavy atom. The highest BCUT2D eigenvalue weighted by Crippen LogP contribution is 2.36. The van der Waals surface area contributed by atoms with Gasteiger partial charge < -0.3 is 10.0 Å². The lowest BCUT2D eigenvalue weighted by Gasteiger charge is -2.50. The predicted molar refractivity (Wildman–Crippen MR) is 97.3 cm³/mol. The van der Waals surface area contributed by atoms with E-state index in [0.717, 1.165) is 42.0 Å². The summed E-state index contributed by atoms with van der Waals surface area (Å²) in [6.07, 6.45) is 2.06. The Balaban J connectivity index is 1.49. The minimum Gasteiger partial charge on any atom is -0.387 e. The van der Waals surface area contributed by atoms with Crippen molar-refractivity contribution in [3.63, 3.8) is 0 Å². The van der Waals surface area contributed by atoms with Gasteiger partial charge in [-0.15, -0.1) is 0 Å². The molecule has 3 nitrogen and oxygen atoms in total. The van der Waals surface area contributed by atoms with Crippen molar-refractivity contribution in [3.05, 3.63) is 54.6 Å². The van der Waals surface area contributed by atoms with Crippen molar-refractivity contribution in [2.24, 2.45) is 5.92 Å². The molecule has 0 amide bonds. The summed E-state index contributed by atoms with van der Waals surface area (Å²) in [4.78, 5) is 3.11. The lowest BCUT2D eigenvalue weighted by molar-refractivity contribution is -0.0954. The van der Waals surface area contributed by atoms with E-state index in [4.69, 9.17) is 0 Å². The molecule has 5 rings (SSSR count). The second-order valence-corrected chi connectivity index (χ2v) is 8.49. The molecule has 3 heterocycles. The molecule has 3 saturated heterocycles. The molecule has 0 spiro atoms. The number of fused-ring (bicyclic) bond motifs is 3. The first-order valence-corrected chi connectivity index (χ1v) is 9.95. The van der Waals surface area contributed by atoms with Crippen molar-refractivity contribution >= 4 is 10.8 Å². The molecule has 2 aromatic carbocycles. The molecule has 0 aliphatic carbocycles. The van der Waals surface area contributed by atoms with Gasteiger partial charge in [0.05, 0.1) is 22.2 Å². The lowest BCUT2D eigenvalue weighted by Crippen LogP contribution is -2.61. The molecular weight excluding hydrogens is 318 g/mol. The van der Waals surface area contributed by atoms with Crippen LogP contribution in [0, 0.1) is 5.92 Å². The van der Waals surface area contributed by atoms with Crippen LogP contribution >= 0.6 is 0 Å². The first kappa shape index (κ1) is 16.0. The fourth-order valence-electron chi connectivity index (χ4n) is 4.05. The first-order valence-electron chi connectivity index (χ1n) is 8.63. The molecule has 3 fully saturated rings. The van der Waals surface area contributed by atoms with Gasteiger partial charge in [0.1, 0.15) is 0 Å². The van der Waals surface area contributed by atoms with Crippen LogP contribution in [0.3, 0.4) is 0 Å². The third-order valence-corrected chi connectivity index (χ3v) is 7.01. The fourth-order valence-corrected chi connectivity index (χ4v) is 5.44. The molecule has 0 saturated carbocycles. The Morgan fingerprint density at radius 2 is 1.62 bits per heavy atom. The Hall–Kier alpha value is -1.49. The smallest absolute Gasteiger partial charge is 0.0921 e. The molecule has 3 aliphatic rings. The van der Waals surface area contributed by atoms with Crippen LogP contribution in [0.4, 0.5) is 0 Å². The van der Waals surface area contributed by atoms with Crippen LogP contribution in [0.25, 0.3) is 11.1 Å². The summed E-state index contributed by atoms with van der Waals surface area (Å²) in [5.74, 6) is 0.647. The minimum absolute atomic E-state index is 0.301. The second kappa shape index (κ2) is 6.43. The maximum absolute atomic E-state index is 12.8. The van der Waals surface area contributed by atoms with Gasteiger partial charge in [0.25, 0.3) is 0 Å². The number of hydrogen-bond donors (Lipinski definition) is 1. The van der Waals surface area contributed by atoms with Gasteiger partial charge in [-0.1, -0.05) is 42.5 Å². The summed E-state index contributed by atoms with van der Waals surface area (Å²) in [6, 6.07) is 18.1. The van der Waals surface area contributed by atoms with Gasteiger partial charge in [-0.3, -0.25) is 4.21 Å². The molecule has 2 bridgehead atoms. The van der Waals surface area contributed by atoms with Gasteiger partial charge in [0.15, 0.2) is 0 Å². The van der Waals surface area contributed by atoms with Crippen LogP contribution in [0.1, 0.15) is 12.8 Å². The van der Waals surface area contributed by atoms with Crippen LogP contribution in [-0.2, 0) is 10.8 Å². The number of nitrogens with zero attached hydrogens (tertiary/aromatic N) is 1. The van der Waals surface area contributed by atoms with Crippen LogP contribution in [0.5, 0.6) is 0 Å². The quantitative estimate of drug-likeness (QED) is 0.929. The van der Waals surface area contributed by atoms with Gasteiger partial charge in [-0.2, -0.15) is 0 Å². The molecule has 2 aromatic rings. The molecule has 1 N–H and O–H groups in total. The van der Waals surface area contributed by atoms with Gasteiger partial charge in [0.2, 0.25) is 0 Å². The van der Waals surface area contributed by atoms with Crippen LogP contribution in [0.2, 0.25) is 0 Å². The van der Waals surface area contributed by atoms with Crippen LogP contribution < -0.4 is 0 Å². The summed E-state index contributed by atoms with van der Waals surface area (Å²) < 4.78 is 12.8. The van der Waals surface area contributed by atoms with Gasteiger partial charge in [-0.25, -0.2) is 0 Å². The number of hydrogen-bond acceptors (Lipinski definition) is 3. The number of piperidine rings is 3. The van der Waals surface area contributed by atoms with Crippen molar-refractivity contribution in [2.45, 2.75) is 23.3 Å². The zero-order valence-corrected chi connectivity index (χ0v) is 14.5. The molecule has 1 unspecified atom stereocenters. The lowest BCUT2D eigenvalue weighted by atomic mass is 9.76. The van der Waals surface area contributed by atoms with Crippen LogP contribution in [0.15, 0.2) is 59.5 Å². The summed E-state index contributed by atoms with van der Waals surface area (Å²) >= 11 is 0. The van der Waals surface area contributed by atoms with E-state index < -0.39 is 16.4 Å². The molecule has 126 valence electrons. The normalized spacial score (nSPS) is 30.2. The average Bonchev–Trinajstić information content (AvgIpc) is 2.63. The van der Waals surface area contributed by atoms with Crippen molar-refractivity contribution < 1.29 is 9.32 Å². The molecule has 4 heteroatoms. The van der Waals surface area contributed by atoms with E-state index >= 15 is 0 Å². The molecule has 3 aliphatic heterocycles. The number of aliphatic hydroxyl groups is 1. The average molecular weight is 341 g/mol. The maximum atomic E-state index is 12.8. The van der Waals surface area contributed by atoms with E-state index in [2.05, 4.69) is 17.0 Å². The Morgan fingerprint density at radius 3 is 2.21 bits per heavy atom. The van der Waals surface area contributed by atoms with E-state index in [0.29, 0.717) is 18.2 Å². The van der Waals surface area contributed by atoms with Gasteiger partial charge in [-0.05, 0) is 55.1 Å². The van der Waals surface area contributed by atoms with Crippen molar-refractivity contribution in [3.8, 4) is 11.1 Å². The number of rotatable bonds is 4. The highest BCUT2D eigenvalue weighted by atomic mass is 32.2. The first-order chi connectivity index (χ1) is 11.6. The molecule has 24 heavy (non-hydrogen) atoms. The summed E-state index contributed by atoms with van der Waals surface area (Å²) in [5, 5.41) is 11.0. The van der Waals surface area contributed by atoms with E-state index in [9.17, 15) is 9.32 Å². The molecular formula is C20H23NO2S. The van der Waals surface area contributed by atoms with E-state index in [1.54, 1.807) is 0 Å². The summed E-state index contributed by atoms with van der Waals surface area (Å²) in [5.41, 5.74) is 1.49. The highest BCUT2D eigenvalue weighted by molar-refractivity contribution is 7.85. The monoisotopic (exact) mass is 341 g/mol. The Kier molecular flexibility index (Phi) is 4.29. The standard InChI is InChI=1S/C20H23NO2S/c22-20(14-21-12-10-18(20)11-13-21)15-24(23)19-8-6-17(7-9-19)16-4-2-1-3-5-16/h1-9,18,22H,10-15H2/t20-,24?/m1/s1. The molecule has 2 atom stereocenters. The molecule has 0 aromatic heterocycles. The van der Waals surface area contributed by atoms with Gasteiger partial charge in [0, 0.05) is 11.4 Å². The van der Waals surface area contributed by atoms with Crippen LogP contribution in [-0.4, -0.2) is 45.2 Å². The van der Waals surface area contributed by atoms with Crippen molar-refractivity contribution in [1.29, 1.82) is 0 Å². The zero-order chi connectivity index (χ0) is 16.6. The van der Waals surface area contributed by atoms with Gasteiger partial charge >= 0.3 is 0 Å².